The molecule has 0 spiro atoms. The second-order valence-corrected chi connectivity index (χ2v) is 5.54. The van der Waals surface area contributed by atoms with Gasteiger partial charge in [0.1, 0.15) is 5.75 Å². The van der Waals surface area contributed by atoms with Crippen LogP contribution in [0.5, 0.6) is 5.75 Å². The molecule has 3 heteroatoms. The smallest absolute Gasteiger partial charge is 0.119 e. The molecule has 1 fully saturated rings. The molecule has 0 amide bonds. The molecule has 1 aliphatic rings. The zero-order chi connectivity index (χ0) is 12.1. The first-order valence-electron chi connectivity index (χ1n) is 6.44. The van der Waals surface area contributed by atoms with Gasteiger partial charge in [-0.3, -0.25) is 5.32 Å². The summed E-state index contributed by atoms with van der Waals surface area (Å²) in [6, 6.07) is 9.17. The van der Waals surface area contributed by atoms with Gasteiger partial charge in [0.15, 0.2) is 0 Å². The van der Waals surface area contributed by atoms with E-state index in [1.807, 2.05) is 11.8 Å². The average molecular weight is 251 g/mol. The van der Waals surface area contributed by atoms with Gasteiger partial charge in [0, 0.05) is 11.8 Å². The van der Waals surface area contributed by atoms with Gasteiger partial charge in [0.05, 0.1) is 12.0 Å². The number of thioether (sulfide) groups is 1. The first-order chi connectivity index (χ1) is 8.33. The van der Waals surface area contributed by atoms with E-state index in [1.165, 1.54) is 17.7 Å². The summed E-state index contributed by atoms with van der Waals surface area (Å²) in [5.41, 5.74) is 1.36. The minimum Gasteiger partial charge on any atom is -0.494 e. The second kappa shape index (κ2) is 6.31. The van der Waals surface area contributed by atoms with Crippen molar-refractivity contribution in [1.29, 1.82) is 0 Å². The van der Waals surface area contributed by atoms with Crippen LogP contribution >= 0.6 is 11.8 Å². The highest BCUT2D eigenvalue weighted by Crippen LogP contribution is 2.34. The summed E-state index contributed by atoms with van der Waals surface area (Å²) in [7, 11) is 0. The molecule has 0 saturated carbocycles. The second-order valence-electron chi connectivity index (χ2n) is 4.40. The predicted molar refractivity (Wildman–Crippen MR) is 74.6 cm³/mol. The van der Waals surface area contributed by atoms with Gasteiger partial charge >= 0.3 is 0 Å². The summed E-state index contributed by atoms with van der Waals surface area (Å²) in [6.07, 6.45) is 2.27. The van der Waals surface area contributed by atoms with Gasteiger partial charge in [-0.1, -0.05) is 26.0 Å². The van der Waals surface area contributed by atoms with Crippen LogP contribution in [0.1, 0.15) is 37.6 Å². The van der Waals surface area contributed by atoms with Crippen molar-refractivity contribution in [3.63, 3.8) is 0 Å². The van der Waals surface area contributed by atoms with Crippen LogP contribution in [-0.4, -0.2) is 18.4 Å². The maximum Gasteiger partial charge on any atom is 0.119 e. The Bertz CT molecular complexity index is 339. The van der Waals surface area contributed by atoms with Crippen molar-refractivity contribution in [3.05, 3.63) is 29.8 Å². The molecule has 0 aliphatic carbocycles. The minimum absolute atomic E-state index is 0.458. The van der Waals surface area contributed by atoms with Crippen molar-refractivity contribution < 1.29 is 4.74 Å². The summed E-state index contributed by atoms with van der Waals surface area (Å²) in [5, 5.41) is 4.10. The fourth-order valence-corrected chi connectivity index (χ4v) is 3.30. The standard InChI is InChI=1S/C14H21NOS/c1-3-9-16-13-7-5-11(6-8-13)14-15-12(4-2)10-17-14/h5-8,12,14-15H,3-4,9-10H2,1-2H3. The molecule has 94 valence electrons. The highest BCUT2D eigenvalue weighted by molar-refractivity contribution is 7.99. The Labute approximate surface area is 108 Å². The fourth-order valence-electron chi connectivity index (χ4n) is 1.91. The zero-order valence-corrected chi connectivity index (χ0v) is 11.4. The van der Waals surface area contributed by atoms with Crippen molar-refractivity contribution in [2.75, 3.05) is 12.4 Å². The van der Waals surface area contributed by atoms with Crippen molar-refractivity contribution in [2.45, 2.75) is 38.1 Å². The summed E-state index contributed by atoms with van der Waals surface area (Å²) in [4.78, 5) is 0. The van der Waals surface area contributed by atoms with Crippen LogP contribution in [-0.2, 0) is 0 Å². The van der Waals surface area contributed by atoms with Crippen LogP contribution in [0.4, 0.5) is 0 Å². The van der Waals surface area contributed by atoms with E-state index in [0.717, 1.165) is 18.8 Å². The third-order valence-electron chi connectivity index (χ3n) is 3.00. The Hall–Kier alpha value is -0.670. The molecule has 1 aromatic rings. The van der Waals surface area contributed by atoms with Crippen LogP contribution in [0.15, 0.2) is 24.3 Å². The minimum atomic E-state index is 0.458. The first-order valence-corrected chi connectivity index (χ1v) is 7.48. The number of hydrogen-bond donors (Lipinski definition) is 1. The lowest BCUT2D eigenvalue weighted by Crippen LogP contribution is -2.24. The van der Waals surface area contributed by atoms with Crippen LogP contribution in [0.25, 0.3) is 0 Å². The Balaban J connectivity index is 1.94. The fraction of sp³-hybridized carbons (Fsp3) is 0.571. The molecule has 2 nitrogen and oxygen atoms in total. The van der Waals surface area contributed by atoms with Crippen molar-refractivity contribution in [3.8, 4) is 5.75 Å². The van der Waals surface area contributed by atoms with Gasteiger partial charge in [0.25, 0.3) is 0 Å². The Kier molecular flexibility index (Phi) is 4.75. The number of nitrogens with one attached hydrogen (secondary N) is 1. The van der Waals surface area contributed by atoms with E-state index >= 15 is 0 Å². The Morgan fingerprint density at radius 1 is 1.29 bits per heavy atom. The number of hydrogen-bond acceptors (Lipinski definition) is 3. The highest BCUT2D eigenvalue weighted by Gasteiger charge is 2.23. The maximum atomic E-state index is 5.59. The van der Waals surface area contributed by atoms with E-state index < -0.39 is 0 Å². The quantitative estimate of drug-likeness (QED) is 0.864. The lowest BCUT2D eigenvalue weighted by atomic mass is 10.2. The molecule has 0 aromatic heterocycles. The summed E-state index contributed by atoms with van der Waals surface area (Å²) in [6.45, 7) is 5.16. The maximum absolute atomic E-state index is 5.59. The number of benzene rings is 1. The van der Waals surface area contributed by atoms with Crippen molar-refractivity contribution in [1.82, 2.24) is 5.32 Å². The molecule has 1 aliphatic heterocycles. The SMILES string of the molecule is CCCOc1ccc(C2NC(CC)CS2)cc1. The van der Waals surface area contributed by atoms with Gasteiger partial charge in [-0.15, -0.1) is 11.8 Å². The molecule has 2 rings (SSSR count). The Morgan fingerprint density at radius 2 is 2.06 bits per heavy atom. The molecule has 1 saturated heterocycles. The third kappa shape index (κ3) is 3.39. The number of ether oxygens (including phenoxy) is 1. The van der Waals surface area contributed by atoms with Crippen LogP contribution in [0, 0.1) is 0 Å². The molecule has 2 atom stereocenters. The molecular weight excluding hydrogens is 230 g/mol. The molecule has 1 aromatic carbocycles. The number of rotatable bonds is 5. The van der Waals surface area contributed by atoms with E-state index in [2.05, 4.69) is 43.4 Å². The monoisotopic (exact) mass is 251 g/mol. The molecule has 1 N–H and O–H groups in total. The molecule has 1 heterocycles. The largest absolute Gasteiger partial charge is 0.494 e. The molecule has 0 radical (unpaired) electrons. The summed E-state index contributed by atoms with van der Waals surface area (Å²) < 4.78 is 5.59. The summed E-state index contributed by atoms with van der Waals surface area (Å²) >= 11 is 2.00. The molecular formula is C14H21NOS. The van der Waals surface area contributed by atoms with Crippen molar-refractivity contribution in [2.24, 2.45) is 0 Å². The van der Waals surface area contributed by atoms with Gasteiger partial charge in [-0.25, -0.2) is 0 Å². The molecule has 0 bridgehead atoms. The normalized spacial score (nSPS) is 23.9. The zero-order valence-electron chi connectivity index (χ0n) is 10.6. The lowest BCUT2D eigenvalue weighted by Gasteiger charge is -2.13. The Morgan fingerprint density at radius 3 is 2.65 bits per heavy atom. The van der Waals surface area contributed by atoms with Gasteiger partial charge in [-0.2, -0.15) is 0 Å². The van der Waals surface area contributed by atoms with Crippen molar-refractivity contribution >= 4 is 11.8 Å². The topological polar surface area (TPSA) is 21.3 Å². The lowest BCUT2D eigenvalue weighted by molar-refractivity contribution is 0.317. The first kappa shape index (κ1) is 12.8. The van der Waals surface area contributed by atoms with Gasteiger partial charge in [-0.05, 0) is 30.5 Å². The van der Waals surface area contributed by atoms with Gasteiger partial charge in [0.2, 0.25) is 0 Å². The summed E-state index contributed by atoms with van der Waals surface area (Å²) in [5.74, 6) is 2.19. The average Bonchev–Trinajstić information content (AvgIpc) is 2.86. The molecule has 2 unspecified atom stereocenters. The van der Waals surface area contributed by atoms with E-state index in [9.17, 15) is 0 Å². The van der Waals surface area contributed by atoms with E-state index in [0.29, 0.717) is 11.4 Å². The van der Waals surface area contributed by atoms with Crippen LogP contribution in [0.3, 0.4) is 0 Å². The highest BCUT2D eigenvalue weighted by atomic mass is 32.2. The third-order valence-corrected chi connectivity index (χ3v) is 4.34. The van der Waals surface area contributed by atoms with E-state index in [4.69, 9.17) is 4.74 Å². The van der Waals surface area contributed by atoms with Crippen LogP contribution < -0.4 is 10.1 Å². The predicted octanol–water partition coefficient (Wildman–Crippen LogP) is 3.59. The van der Waals surface area contributed by atoms with Gasteiger partial charge < -0.3 is 4.74 Å². The molecule has 17 heavy (non-hydrogen) atoms. The van der Waals surface area contributed by atoms with Crippen LogP contribution in [0.2, 0.25) is 0 Å². The van der Waals surface area contributed by atoms with E-state index in [1.54, 1.807) is 0 Å². The van der Waals surface area contributed by atoms with E-state index in [-0.39, 0.29) is 0 Å².